The lowest BCUT2D eigenvalue weighted by Gasteiger charge is -2.30. The van der Waals surface area contributed by atoms with E-state index in [0.29, 0.717) is 26.1 Å². The minimum Gasteiger partial charge on any atom is -0.364 e. The third kappa shape index (κ3) is 2.38. The van der Waals surface area contributed by atoms with E-state index in [1.807, 2.05) is 6.92 Å². The van der Waals surface area contributed by atoms with Gasteiger partial charge in [0.05, 0.1) is 13.2 Å². The van der Waals surface area contributed by atoms with E-state index in [9.17, 15) is 4.79 Å². The third-order valence-electron chi connectivity index (χ3n) is 1.70. The second kappa shape index (κ2) is 3.97. The van der Waals surface area contributed by atoms with E-state index in [-0.39, 0.29) is 11.3 Å². The average molecular weight is 175 g/mol. The minimum atomic E-state index is -0.0979. The molecule has 0 aromatic carbocycles. The van der Waals surface area contributed by atoms with Gasteiger partial charge in [0.15, 0.2) is 0 Å². The van der Waals surface area contributed by atoms with Crippen LogP contribution < -0.4 is 0 Å². The Morgan fingerprint density at radius 1 is 1.82 bits per heavy atom. The summed E-state index contributed by atoms with van der Waals surface area (Å²) in [5, 5.41) is 0. The Labute approximate surface area is 72.1 Å². The van der Waals surface area contributed by atoms with Gasteiger partial charge in [-0.3, -0.25) is 4.79 Å². The number of ether oxygens (including phenoxy) is 1. The van der Waals surface area contributed by atoms with Crippen LogP contribution in [-0.4, -0.2) is 35.9 Å². The van der Waals surface area contributed by atoms with Crippen molar-refractivity contribution in [1.29, 1.82) is 0 Å². The summed E-state index contributed by atoms with van der Waals surface area (Å²) < 4.78 is 5.17. The number of rotatable bonds is 1. The number of carbonyl (C=O) groups is 1. The summed E-state index contributed by atoms with van der Waals surface area (Å²) in [4.78, 5) is 12.9. The van der Waals surface area contributed by atoms with E-state index in [1.54, 1.807) is 4.90 Å². The predicted octanol–water partition coefficient (Wildman–Crippen LogP) is 0.511. The van der Waals surface area contributed by atoms with Gasteiger partial charge in [0, 0.05) is 13.0 Å². The molecule has 3 nitrogen and oxygen atoms in total. The van der Waals surface area contributed by atoms with Crippen LogP contribution in [0.3, 0.4) is 0 Å². The summed E-state index contributed by atoms with van der Waals surface area (Å²) in [6, 6.07) is 0. The summed E-state index contributed by atoms with van der Waals surface area (Å²) in [5.74, 6) is 0.187. The van der Waals surface area contributed by atoms with E-state index < -0.39 is 0 Å². The molecule has 1 fully saturated rings. The normalized spacial score (nSPS) is 25.3. The number of amides is 1. The Kier molecular flexibility index (Phi) is 3.20. The maximum absolute atomic E-state index is 11.1. The Morgan fingerprint density at radius 2 is 2.55 bits per heavy atom. The molecule has 0 aromatic rings. The molecule has 0 aromatic heterocycles. The highest BCUT2D eigenvalue weighted by Crippen LogP contribution is 2.08. The SMILES string of the molecule is CCC(=O)N1CCOC(S)C1. The molecule has 1 unspecified atom stereocenters. The lowest BCUT2D eigenvalue weighted by atomic mass is 10.3. The maximum atomic E-state index is 11.1. The first-order chi connectivity index (χ1) is 5.24. The lowest BCUT2D eigenvalue weighted by molar-refractivity contribution is -0.135. The van der Waals surface area contributed by atoms with Crippen molar-refractivity contribution in [2.24, 2.45) is 0 Å². The molecule has 1 aliphatic rings. The number of hydrogen-bond donors (Lipinski definition) is 1. The maximum Gasteiger partial charge on any atom is 0.222 e. The molecule has 0 N–H and O–H groups in total. The first-order valence-corrected chi connectivity index (χ1v) is 4.33. The van der Waals surface area contributed by atoms with Crippen LogP contribution in [0.15, 0.2) is 0 Å². The zero-order chi connectivity index (χ0) is 8.27. The fourth-order valence-electron chi connectivity index (χ4n) is 1.08. The Bertz CT molecular complexity index is 151. The monoisotopic (exact) mass is 175 g/mol. The van der Waals surface area contributed by atoms with Crippen molar-refractivity contribution in [3.05, 3.63) is 0 Å². The smallest absolute Gasteiger partial charge is 0.222 e. The van der Waals surface area contributed by atoms with Gasteiger partial charge in [-0.2, -0.15) is 0 Å². The van der Waals surface area contributed by atoms with Crippen LogP contribution in [-0.2, 0) is 9.53 Å². The molecule has 1 saturated heterocycles. The fraction of sp³-hybridized carbons (Fsp3) is 0.857. The van der Waals surface area contributed by atoms with Gasteiger partial charge in [-0.1, -0.05) is 6.92 Å². The molecule has 64 valence electrons. The molecule has 0 aliphatic carbocycles. The number of carbonyl (C=O) groups excluding carboxylic acids is 1. The Hall–Kier alpha value is -0.220. The lowest BCUT2D eigenvalue weighted by Crippen LogP contribution is -2.43. The average Bonchev–Trinajstić information content (AvgIpc) is 2.03. The highest BCUT2D eigenvalue weighted by Gasteiger charge is 2.19. The first kappa shape index (κ1) is 8.87. The molecule has 1 aliphatic heterocycles. The van der Waals surface area contributed by atoms with Crippen molar-refractivity contribution in [3.63, 3.8) is 0 Å². The molecular formula is C7H13NO2S. The van der Waals surface area contributed by atoms with E-state index in [0.717, 1.165) is 0 Å². The second-order valence-corrected chi connectivity index (χ2v) is 3.09. The summed E-state index contributed by atoms with van der Waals surface area (Å²) in [6.07, 6.45) is 0.570. The van der Waals surface area contributed by atoms with Crippen molar-refractivity contribution in [1.82, 2.24) is 4.90 Å². The number of hydrogen-bond acceptors (Lipinski definition) is 3. The van der Waals surface area contributed by atoms with Gasteiger partial charge in [-0.05, 0) is 0 Å². The summed E-state index contributed by atoms with van der Waals surface area (Å²) in [6.45, 7) is 3.81. The first-order valence-electron chi connectivity index (χ1n) is 3.81. The van der Waals surface area contributed by atoms with E-state index in [4.69, 9.17) is 4.74 Å². The molecule has 0 bridgehead atoms. The molecule has 1 atom stereocenters. The van der Waals surface area contributed by atoms with Crippen molar-refractivity contribution >= 4 is 18.5 Å². The summed E-state index contributed by atoms with van der Waals surface area (Å²) >= 11 is 4.14. The van der Waals surface area contributed by atoms with Gasteiger partial charge in [0.1, 0.15) is 5.44 Å². The molecule has 0 spiro atoms. The van der Waals surface area contributed by atoms with E-state index in [1.165, 1.54) is 0 Å². The standard InChI is InChI=1S/C7H13NO2S/c1-2-6(9)8-3-4-10-7(11)5-8/h7,11H,2-5H2,1H3. The third-order valence-corrected chi connectivity index (χ3v) is 2.02. The van der Waals surface area contributed by atoms with Gasteiger partial charge in [-0.15, -0.1) is 12.6 Å². The van der Waals surface area contributed by atoms with Gasteiger partial charge >= 0.3 is 0 Å². The molecule has 1 heterocycles. The molecule has 0 radical (unpaired) electrons. The van der Waals surface area contributed by atoms with Crippen LogP contribution >= 0.6 is 12.6 Å². The van der Waals surface area contributed by atoms with Crippen LogP contribution in [0.4, 0.5) is 0 Å². The van der Waals surface area contributed by atoms with Crippen LogP contribution in [0, 0.1) is 0 Å². The number of morpholine rings is 1. The quantitative estimate of drug-likeness (QED) is 0.588. The van der Waals surface area contributed by atoms with Crippen LogP contribution in [0.1, 0.15) is 13.3 Å². The van der Waals surface area contributed by atoms with Gasteiger partial charge in [0.2, 0.25) is 5.91 Å². The molecule has 1 rings (SSSR count). The van der Waals surface area contributed by atoms with E-state index >= 15 is 0 Å². The van der Waals surface area contributed by atoms with Crippen molar-refractivity contribution in [3.8, 4) is 0 Å². The van der Waals surface area contributed by atoms with Crippen molar-refractivity contribution in [2.45, 2.75) is 18.8 Å². The zero-order valence-corrected chi connectivity index (χ0v) is 7.51. The molecule has 11 heavy (non-hydrogen) atoms. The highest BCUT2D eigenvalue weighted by molar-refractivity contribution is 7.80. The number of thiol groups is 1. The summed E-state index contributed by atoms with van der Waals surface area (Å²) in [5.41, 5.74) is -0.0979. The van der Waals surface area contributed by atoms with Gasteiger partial charge < -0.3 is 9.64 Å². The van der Waals surface area contributed by atoms with Gasteiger partial charge in [0.25, 0.3) is 0 Å². The Morgan fingerprint density at radius 3 is 3.09 bits per heavy atom. The van der Waals surface area contributed by atoms with Crippen LogP contribution in [0.5, 0.6) is 0 Å². The van der Waals surface area contributed by atoms with Crippen molar-refractivity contribution < 1.29 is 9.53 Å². The highest BCUT2D eigenvalue weighted by atomic mass is 32.1. The summed E-state index contributed by atoms with van der Waals surface area (Å²) in [7, 11) is 0. The Balaban J connectivity index is 2.39. The minimum absolute atomic E-state index is 0.0979. The van der Waals surface area contributed by atoms with E-state index in [2.05, 4.69) is 12.6 Å². The van der Waals surface area contributed by atoms with Crippen molar-refractivity contribution in [2.75, 3.05) is 19.7 Å². The molecule has 0 saturated carbocycles. The molecular weight excluding hydrogens is 162 g/mol. The topological polar surface area (TPSA) is 29.5 Å². The largest absolute Gasteiger partial charge is 0.364 e. The fourth-order valence-corrected chi connectivity index (χ4v) is 1.38. The second-order valence-electron chi connectivity index (χ2n) is 2.52. The molecule has 4 heteroatoms. The van der Waals surface area contributed by atoms with Crippen LogP contribution in [0.2, 0.25) is 0 Å². The molecule has 1 amide bonds. The predicted molar refractivity (Wildman–Crippen MR) is 45.6 cm³/mol. The van der Waals surface area contributed by atoms with Gasteiger partial charge in [-0.25, -0.2) is 0 Å². The van der Waals surface area contributed by atoms with Crippen LogP contribution in [0.25, 0.3) is 0 Å². The number of nitrogens with zero attached hydrogens (tertiary/aromatic N) is 1. The zero-order valence-electron chi connectivity index (χ0n) is 6.62.